The summed E-state index contributed by atoms with van der Waals surface area (Å²) in [6, 6.07) is 21.0. The van der Waals surface area contributed by atoms with Crippen LogP contribution in [0.4, 0.5) is 0 Å². The number of thioether (sulfide) groups is 1. The predicted octanol–water partition coefficient (Wildman–Crippen LogP) is 3.57. The predicted molar refractivity (Wildman–Crippen MR) is 75.3 cm³/mol. The largest absolute Gasteiger partial charge is 0.312 e. The molecule has 0 heterocycles. The summed E-state index contributed by atoms with van der Waals surface area (Å²) in [5.41, 5.74) is 1.34. The molecule has 1 nitrogen and oxygen atoms in total. The Hall–Kier alpha value is -1.25. The number of hydrogen-bond acceptors (Lipinski definition) is 2. The normalized spacial score (nSPS) is 10.4. The summed E-state index contributed by atoms with van der Waals surface area (Å²) in [4.78, 5) is 1.34. The van der Waals surface area contributed by atoms with Gasteiger partial charge in [0.15, 0.2) is 0 Å². The fraction of sp³-hybridized carbons (Fsp3) is 0.200. The van der Waals surface area contributed by atoms with Gasteiger partial charge < -0.3 is 5.32 Å². The molecular weight excluding hydrogens is 226 g/mol. The number of benzene rings is 2. The van der Waals surface area contributed by atoms with Crippen molar-refractivity contribution in [2.45, 2.75) is 11.4 Å². The highest BCUT2D eigenvalue weighted by molar-refractivity contribution is 7.99. The Balaban J connectivity index is 1.61. The van der Waals surface area contributed by atoms with Crippen LogP contribution in [0.2, 0.25) is 0 Å². The van der Waals surface area contributed by atoms with Gasteiger partial charge in [-0.05, 0) is 17.7 Å². The molecule has 0 bridgehead atoms. The van der Waals surface area contributed by atoms with Crippen LogP contribution in [0, 0.1) is 0 Å². The van der Waals surface area contributed by atoms with Gasteiger partial charge in [0.2, 0.25) is 0 Å². The second-order valence-corrected chi connectivity index (χ2v) is 4.99. The summed E-state index contributed by atoms with van der Waals surface area (Å²) in [5, 5.41) is 3.45. The van der Waals surface area contributed by atoms with Gasteiger partial charge in [-0.25, -0.2) is 0 Å². The molecule has 0 amide bonds. The van der Waals surface area contributed by atoms with E-state index in [1.54, 1.807) is 0 Å². The van der Waals surface area contributed by atoms with Gasteiger partial charge in [-0.2, -0.15) is 0 Å². The molecule has 0 aliphatic heterocycles. The summed E-state index contributed by atoms with van der Waals surface area (Å²) >= 11 is 1.89. The van der Waals surface area contributed by atoms with Gasteiger partial charge in [-0.15, -0.1) is 11.8 Å². The molecule has 88 valence electrons. The van der Waals surface area contributed by atoms with E-state index < -0.39 is 0 Å². The van der Waals surface area contributed by atoms with Gasteiger partial charge >= 0.3 is 0 Å². The van der Waals surface area contributed by atoms with E-state index in [2.05, 4.69) is 66.0 Å². The van der Waals surface area contributed by atoms with Crippen LogP contribution in [0.1, 0.15) is 5.56 Å². The zero-order chi connectivity index (χ0) is 11.8. The molecule has 0 saturated carbocycles. The van der Waals surface area contributed by atoms with E-state index in [1.165, 1.54) is 10.5 Å². The van der Waals surface area contributed by atoms with Crippen molar-refractivity contribution < 1.29 is 0 Å². The topological polar surface area (TPSA) is 12.0 Å². The smallest absolute Gasteiger partial charge is 0.0205 e. The number of hydrogen-bond donors (Lipinski definition) is 1. The van der Waals surface area contributed by atoms with Crippen molar-refractivity contribution in [2.75, 3.05) is 12.3 Å². The number of rotatable bonds is 6. The zero-order valence-corrected chi connectivity index (χ0v) is 10.6. The van der Waals surface area contributed by atoms with Gasteiger partial charge in [0.05, 0.1) is 0 Å². The van der Waals surface area contributed by atoms with Crippen LogP contribution in [0.5, 0.6) is 0 Å². The van der Waals surface area contributed by atoms with Crippen LogP contribution in [-0.2, 0) is 6.54 Å². The Bertz CT molecular complexity index is 372. The molecule has 0 atom stereocenters. The first-order valence-electron chi connectivity index (χ1n) is 5.87. The van der Waals surface area contributed by atoms with E-state index in [1.807, 2.05) is 11.8 Å². The zero-order valence-electron chi connectivity index (χ0n) is 9.80. The lowest BCUT2D eigenvalue weighted by molar-refractivity contribution is 0.732. The summed E-state index contributed by atoms with van der Waals surface area (Å²) in [5.74, 6) is 1.11. The minimum Gasteiger partial charge on any atom is -0.312 e. The van der Waals surface area contributed by atoms with E-state index in [4.69, 9.17) is 0 Å². The van der Waals surface area contributed by atoms with Crippen LogP contribution in [-0.4, -0.2) is 12.3 Å². The van der Waals surface area contributed by atoms with Crippen LogP contribution in [0.15, 0.2) is 65.6 Å². The minimum atomic E-state index is 0.955. The average Bonchev–Trinajstić information content (AvgIpc) is 2.41. The van der Waals surface area contributed by atoms with Crippen LogP contribution >= 0.6 is 11.8 Å². The fourth-order valence-electron chi connectivity index (χ4n) is 1.59. The first-order chi connectivity index (χ1) is 8.45. The van der Waals surface area contributed by atoms with Crippen molar-refractivity contribution in [3.05, 3.63) is 66.2 Å². The van der Waals surface area contributed by atoms with Crippen LogP contribution in [0.25, 0.3) is 0 Å². The monoisotopic (exact) mass is 243 g/mol. The molecule has 0 fully saturated rings. The molecule has 0 spiro atoms. The Labute approximate surface area is 107 Å². The van der Waals surface area contributed by atoms with Gasteiger partial charge in [0, 0.05) is 23.7 Å². The second-order valence-electron chi connectivity index (χ2n) is 3.82. The Morgan fingerprint density at radius 1 is 0.824 bits per heavy atom. The summed E-state index contributed by atoms with van der Waals surface area (Å²) in [7, 11) is 0. The molecule has 2 rings (SSSR count). The SMILES string of the molecule is c1ccc(CNCCSc2ccccc2)cc1. The highest BCUT2D eigenvalue weighted by Gasteiger charge is 1.93. The van der Waals surface area contributed by atoms with Crippen LogP contribution < -0.4 is 5.32 Å². The van der Waals surface area contributed by atoms with Gasteiger partial charge in [-0.1, -0.05) is 48.5 Å². The molecule has 0 saturated heterocycles. The van der Waals surface area contributed by atoms with E-state index >= 15 is 0 Å². The Morgan fingerprint density at radius 3 is 2.18 bits per heavy atom. The lowest BCUT2D eigenvalue weighted by atomic mass is 10.2. The third-order valence-electron chi connectivity index (χ3n) is 2.46. The third-order valence-corrected chi connectivity index (χ3v) is 3.48. The summed E-state index contributed by atoms with van der Waals surface area (Å²) < 4.78 is 0. The molecule has 0 aliphatic rings. The summed E-state index contributed by atoms with van der Waals surface area (Å²) in [6.07, 6.45) is 0. The van der Waals surface area contributed by atoms with E-state index in [0.29, 0.717) is 0 Å². The van der Waals surface area contributed by atoms with Crippen LogP contribution in [0.3, 0.4) is 0 Å². The molecule has 1 N–H and O–H groups in total. The molecule has 2 heteroatoms. The van der Waals surface area contributed by atoms with Crippen molar-refractivity contribution >= 4 is 11.8 Å². The molecule has 2 aromatic carbocycles. The molecule has 0 aromatic heterocycles. The van der Waals surface area contributed by atoms with Gasteiger partial charge in [-0.3, -0.25) is 0 Å². The Kier molecular flexibility index (Phi) is 5.14. The first kappa shape index (κ1) is 12.2. The number of nitrogens with one attached hydrogen (secondary N) is 1. The first-order valence-corrected chi connectivity index (χ1v) is 6.86. The molecule has 0 unspecified atom stereocenters. The van der Waals surface area contributed by atoms with Crippen molar-refractivity contribution in [2.24, 2.45) is 0 Å². The molecule has 2 aromatic rings. The third kappa shape index (κ3) is 4.63. The standard InChI is InChI=1S/C15H17NS/c1-3-7-14(8-4-1)13-16-11-12-17-15-9-5-2-6-10-15/h1-10,16H,11-13H2. The second kappa shape index (κ2) is 7.15. The van der Waals surface area contributed by atoms with Crippen molar-refractivity contribution in [3.63, 3.8) is 0 Å². The maximum absolute atomic E-state index is 3.45. The molecule has 0 radical (unpaired) electrons. The molecule has 0 aliphatic carbocycles. The van der Waals surface area contributed by atoms with Gasteiger partial charge in [0.1, 0.15) is 0 Å². The highest BCUT2D eigenvalue weighted by Crippen LogP contribution is 2.15. The van der Waals surface area contributed by atoms with E-state index in [-0.39, 0.29) is 0 Å². The maximum Gasteiger partial charge on any atom is 0.0205 e. The maximum atomic E-state index is 3.45. The molecule has 17 heavy (non-hydrogen) atoms. The highest BCUT2D eigenvalue weighted by atomic mass is 32.2. The van der Waals surface area contributed by atoms with Crippen molar-refractivity contribution in [1.29, 1.82) is 0 Å². The van der Waals surface area contributed by atoms with E-state index in [0.717, 1.165) is 18.8 Å². The lowest BCUT2D eigenvalue weighted by Gasteiger charge is -2.04. The average molecular weight is 243 g/mol. The quantitative estimate of drug-likeness (QED) is 0.615. The van der Waals surface area contributed by atoms with E-state index in [9.17, 15) is 0 Å². The fourth-order valence-corrected chi connectivity index (χ4v) is 2.42. The lowest BCUT2D eigenvalue weighted by Crippen LogP contribution is -2.16. The minimum absolute atomic E-state index is 0.955. The van der Waals surface area contributed by atoms with Gasteiger partial charge in [0.25, 0.3) is 0 Å². The van der Waals surface area contributed by atoms with Crippen molar-refractivity contribution in [3.8, 4) is 0 Å². The van der Waals surface area contributed by atoms with Crippen molar-refractivity contribution in [1.82, 2.24) is 5.32 Å². The summed E-state index contributed by atoms with van der Waals surface area (Å²) in [6.45, 7) is 1.99. The Morgan fingerprint density at radius 2 is 1.47 bits per heavy atom. The molecular formula is C15H17NS.